The highest BCUT2D eigenvalue weighted by Gasteiger charge is 2.21. The number of carbonyl (C=O) groups excluding carboxylic acids is 1. The van der Waals surface area contributed by atoms with Gasteiger partial charge in [-0.05, 0) is 87.8 Å². The van der Waals surface area contributed by atoms with E-state index < -0.39 is 0 Å². The van der Waals surface area contributed by atoms with E-state index in [0.29, 0.717) is 22.7 Å². The molecule has 2 aromatic carbocycles. The van der Waals surface area contributed by atoms with Gasteiger partial charge in [-0.15, -0.1) is 0 Å². The predicted octanol–water partition coefficient (Wildman–Crippen LogP) is 4.26. The largest absolute Gasteiger partial charge is 0.349 e. The number of nitrogens with zero attached hydrogens (tertiary/aromatic N) is 3. The van der Waals surface area contributed by atoms with Gasteiger partial charge in [0.05, 0.1) is 15.9 Å². The van der Waals surface area contributed by atoms with Crippen LogP contribution < -0.4 is 10.6 Å². The molecule has 2 aliphatic rings. The summed E-state index contributed by atoms with van der Waals surface area (Å²) in [7, 11) is 2.11. The summed E-state index contributed by atoms with van der Waals surface area (Å²) in [4.78, 5) is 20.6. The number of aromatic nitrogens is 2. The van der Waals surface area contributed by atoms with Crippen molar-refractivity contribution in [2.75, 3.05) is 33.2 Å². The lowest BCUT2D eigenvalue weighted by atomic mass is 9.96. The first-order valence-corrected chi connectivity index (χ1v) is 12.8. The minimum absolute atomic E-state index is 0.0252. The predicted molar refractivity (Wildman–Crippen MR) is 134 cm³/mol. The van der Waals surface area contributed by atoms with Crippen molar-refractivity contribution >= 4 is 32.4 Å². The average molecular weight is 478 g/mol. The summed E-state index contributed by atoms with van der Waals surface area (Å²) >= 11 is 1.52. The number of imidazole rings is 1. The van der Waals surface area contributed by atoms with Crippen LogP contribution in [-0.4, -0.2) is 59.5 Å². The highest BCUT2D eigenvalue weighted by atomic mass is 32.1. The third-order valence-electron chi connectivity index (χ3n) is 7.21. The van der Waals surface area contributed by atoms with Gasteiger partial charge in [0.1, 0.15) is 5.82 Å². The van der Waals surface area contributed by atoms with Crippen molar-refractivity contribution < 1.29 is 9.18 Å². The van der Waals surface area contributed by atoms with Crippen LogP contribution >= 0.6 is 11.3 Å². The van der Waals surface area contributed by atoms with Gasteiger partial charge >= 0.3 is 0 Å². The Hall–Kier alpha value is -2.81. The quantitative estimate of drug-likeness (QED) is 0.461. The molecule has 2 aromatic heterocycles. The van der Waals surface area contributed by atoms with Gasteiger partial charge in [-0.1, -0.05) is 17.4 Å². The van der Waals surface area contributed by atoms with Crippen LogP contribution in [0.15, 0.2) is 42.6 Å². The van der Waals surface area contributed by atoms with Crippen molar-refractivity contribution in [2.24, 2.45) is 0 Å². The number of hydrogen-bond donors (Lipinski definition) is 2. The van der Waals surface area contributed by atoms with E-state index >= 15 is 0 Å². The van der Waals surface area contributed by atoms with Crippen molar-refractivity contribution in [2.45, 2.75) is 31.2 Å². The molecule has 0 saturated carbocycles. The molecule has 2 saturated heterocycles. The molecule has 1 atom stereocenters. The van der Waals surface area contributed by atoms with Gasteiger partial charge in [0.2, 0.25) is 0 Å². The molecule has 6 rings (SSSR count). The van der Waals surface area contributed by atoms with E-state index in [1.807, 2.05) is 40.9 Å². The number of benzene rings is 2. The van der Waals surface area contributed by atoms with Gasteiger partial charge < -0.3 is 15.5 Å². The number of halogens is 1. The van der Waals surface area contributed by atoms with Crippen LogP contribution in [0.2, 0.25) is 0 Å². The molecule has 8 heteroatoms. The van der Waals surface area contributed by atoms with Gasteiger partial charge in [0.15, 0.2) is 4.96 Å². The first-order chi connectivity index (χ1) is 16.5. The first-order valence-electron chi connectivity index (χ1n) is 12.0. The maximum atomic E-state index is 15.0. The van der Waals surface area contributed by atoms with E-state index in [2.05, 4.69) is 22.6 Å². The van der Waals surface area contributed by atoms with Crippen LogP contribution in [0.1, 0.15) is 41.1 Å². The van der Waals surface area contributed by atoms with Crippen molar-refractivity contribution in [3.8, 4) is 11.3 Å². The Labute approximate surface area is 201 Å². The maximum Gasteiger partial charge on any atom is 0.251 e. The Morgan fingerprint density at radius 2 is 2.03 bits per heavy atom. The number of piperidine rings is 1. The molecule has 4 heterocycles. The number of rotatable bonds is 4. The zero-order chi connectivity index (χ0) is 23.2. The molecule has 34 heavy (non-hydrogen) atoms. The molecule has 2 aliphatic heterocycles. The first kappa shape index (κ1) is 21.7. The van der Waals surface area contributed by atoms with Crippen molar-refractivity contribution in [3.05, 3.63) is 59.5 Å². The Morgan fingerprint density at radius 1 is 1.18 bits per heavy atom. The molecule has 6 nitrogen and oxygen atoms in total. The second-order valence-corrected chi connectivity index (χ2v) is 10.6. The Bertz CT molecular complexity index is 1360. The summed E-state index contributed by atoms with van der Waals surface area (Å²) in [6, 6.07) is 11.5. The minimum atomic E-state index is -0.229. The SMILES string of the molecule is CN1CCC(NC(=O)c2ccc3c(c2)sc2nc(-c4ccc(C5CCNC5)cc4F)cn23)CC1. The smallest absolute Gasteiger partial charge is 0.251 e. The summed E-state index contributed by atoms with van der Waals surface area (Å²) in [5.41, 5.74) is 3.84. The standard InChI is InChI=1S/C26H28FN5OS/c1-31-10-7-19(8-11-31)29-25(33)17-3-5-23-24(13-17)34-26-30-22(15-32(23)26)20-4-2-16(12-21(20)27)18-6-9-28-14-18/h2-5,12-13,15,18-19,28H,6-11,14H2,1H3,(H,29,33). The second-order valence-electron chi connectivity index (χ2n) is 9.54. The molecule has 1 amide bonds. The monoisotopic (exact) mass is 477 g/mol. The van der Waals surface area contributed by atoms with E-state index in [1.165, 1.54) is 11.3 Å². The number of fused-ring (bicyclic) bond motifs is 3. The lowest BCUT2D eigenvalue weighted by molar-refractivity contribution is 0.0917. The number of thiazole rings is 1. The number of nitrogens with one attached hydrogen (secondary N) is 2. The highest BCUT2D eigenvalue weighted by Crippen LogP contribution is 2.32. The number of carbonyl (C=O) groups is 1. The van der Waals surface area contributed by atoms with E-state index in [9.17, 15) is 9.18 Å². The molecular weight excluding hydrogens is 449 g/mol. The molecule has 2 N–H and O–H groups in total. The highest BCUT2D eigenvalue weighted by molar-refractivity contribution is 7.23. The van der Waals surface area contributed by atoms with Crippen LogP contribution in [0, 0.1) is 5.82 Å². The Kier molecular flexibility index (Phi) is 5.59. The van der Waals surface area contributed by atoms with Gasteiger partial charge in [-0.25, -0.2) is 9.37 Å². The fraction of sp³-hybridized carbons (Fsp3) is 0.385. The molecule has 0 radical (unpaired) electrons. The maximum absolute atomic E-state index is 15.0. The summed E-state index contributed by atoms with van der Waals surface area (Å²) in [6.45, 7) is 3.91. The molecule has 0 aliphatic carbocycles. The third-order valence-corrected chi connectivity index (χ3v) is 8.23. The van der Waals surface area contributed by atoms with Gasteiger partial charge in [0.25, 0.3) is 5.91 Å². The summed E-state index contributed by atoms with van der Waals surface area (Å²) in [5.74, 6) is 0.124. The minimum Gasteiger partial charge on any atom is -0.349 e. The average Bonchev–Trinajstić information content (AvgIpc) is 3.57. The molecule has 2 fully saturated rings. The summed E-state index contributed by atoms with van der Waals surface area (Å²) in [6.07, 6.45) is 4.90. The van der Waals surface area contributed by atoms with Crippen molar-refractivity contribution in [1.29, 1.82) is 0 Å². The fourth-order valence-corrected chi connectivity index (χ4v) is 6.17. The zero-order valence-corrected chi connectivity index (χ0v) is 20.0. The Balaban J connectivity index is 1.24. The zero-order valence-electron chi connectivity index (χ0n) is 19.2. The van der Waals surface area contributed by atoms with Gasteiger partial charge in [0, 0.05) is 29.9 Å². The van der Waals surface area contributed by atoms with Crippen LogP contribution in [-0.2, 0) is 0 Å². The lowest BCUT2D eigenvalue weighted by Crippen LogP contribution is -2.43. The molecule has 4 aromatic rings. The van der Waals surface area contributed by atoms with Crippen LogP contribution in [0.5, 0.6) is 0 Å². The van der Waals surface area contributed by atoms with E-state index in [0.717, 1.165) is 66.2 Å². The molecule has 0 bridgehead atoms. The summed E-state index contributed by atoms with van der Waals surface area (Å²) in [5, 5.41) is 6.52. The van der Waals surface area contributed by atoms with Crippen molar-refractivity contribution in [1.82, 2.24) is 24.9 Å². The number of hydrogen-bond acceptors (Lipinski definition) is 5. The summed E-state index contributed by atoms with van der Waals surface area (Å²) < 4.78 is 18.0. The molecular formula is C26H28FN5OS. The molecule has 0 spiro atoms. The van der Waals surface area contributed by atoms with E-state index in [1.54, 1.807) is 6.07 Å². The van der Waals surface area contributed by atoms with Gasteiger partial charge in [-0.2, -0.15) is 0 Å². The van der Waals surface area contributed by atoms with E-state index in [-0.39, 0.29) is 17.8 Å². The van der Waals surface area contributed by atoms with Crippen LogP contribution in [0.25, 0.3) is 26.4 Å². The topological polar surface area (TPSA) is 61.7 Å². The second kappa shape index (κ2) is 8.76. The van der Waals surface area contributed by atoms with Gasteiger partial charge in [-0.3, -0.25) is 9.20 Å². The normalized spacial score (nSPS) is 19.9. The third kappa shape index (κ3) is 4.00. The lowest BCUT2D eigenvalue weighted by Gasteiger charge is -2.29. The number of likely N-dealkylation sites (tertiary alicyclic amines) is 1. The Morgan fingerprint density at radius 3 is 2.79 bits per heavy atom. The van der Waals surface area contributed by atoms with Crippen LogP contribution in [0.4, 0.5) is 4.39 Å². The molecule has 176 valence electrons. The fourth-order valence-electron chi connectivity index (χ4n) is 5.13. The van der Waals surface area contributed by atoms with Crippen LogP contribution in [0.3, 0.4) is 0 Å². The molecule has 1 unspecified atom stereocenters. The number of amides is 1. The van der Waals surface area contributed by atoms with Crippen molar-refractivity contribution in [3.63, 3.8) is 0 Å². The van der Waals surface area contributed by atoms with E-state index in [4.69, 9.17) is 4.98 Å².